The molecule has 3 N–H and O–H groups in total. The highest BCUT2D eigenvalue weighted by Crippen LogP contribution is 2.27. The highest BCUT2D eigenvalue weighted by atomic mass is 16.4. The Balaban J connectivity index is 1.62. The van der Waals surface area contributed by atoms with Gasteiger partial charge in [0.15, 0.2) is 6.04 Å². The molecule has 2 atom stereocenters. The van der Waals surface area contributed by atoms with Crippen LogP contribution in [-0.2, 0) is 20.8 Å². The summed E-state index contributed by atoms with van der Waals surface area (Å²) in [4.78, 5) is 36.3. The lowest BCUT2D eigenvalue weighted by Gasteiger charge is -2.24. The van der Waals surface area contributed by atoms with Gasteiger partial charge in [0.05, 0.1) is 0 Å². The number of para-hydroxylation sites is 1. The zero-order valence-electron chi connectivity index (χ0n) is 16.0. The van der Waals surface area contributed by atoms with Gasteiger partial charge in [0.2, 0.25) is 11.8 Å². The van der Waals surface area contributed by atoms with E-state index in [4.69, 9.17) is 0 Å². The molecule has 1 aliphatic rings. The first kappa shape index (κ1) is 19.6. The third kappa shape index (κ3) is 4.57. The third-order valence-electron chi connectivity index (χ3n) is 4.96. The Morgan fingerprint density at radius 2 is 1.86 bits per heavy atom. The number of carbonyl (C=O) groups is 3. The first-order valence-electron chi connectivity index (χ1n) is 9.32. The SMILES string of the molecule is Cc1cc(C)cc(C(NC(=O)CCC2Cc3ccccc3NC2=O)C(=O)O)c1. The molecule has 2 amide bonds. The van der Waals surface area contributed by atoms with Gasteiger partial charge in [-0.15, -0.1) is 0 Å². The van der Waals surface area contributed by atoms with Gasteiger partial charge in [0, 0.05) is 18.0 Å². The van der Waals surface area contributed by atoms with Crippen LogP contribution in [0, 0.1) is 19.8 Å². The summed E-state index contributed by atoms with van der Waals surface area (Å²) in [6.07, 6.45) is 1.04. The largest absolute Gasteiger partial charge is 0.479 e. The zero-order valence-corrected chi connectivity index (χ0v) is 16.0. The number of carboxylic acids is 1. The molecule has 2 unspecified atom stereocenters. The molecule has 0 fully saturated rings. The Labute approximate surface area is 164 Å². The van der Waals surface area contributed by atoms with Crippen molar-refractivity contribution in [2.45, 2.75) is 39.2 Å². The molecular weight excluding hydrogens is 356 g/mol. The quantitative estimate of drug-likeness (QED) is 0.717. The van der Waals surface area contributed by atoms with E-state index in [-0.39, 0.29) is 24.2 Å². The molecule has 0 spiro atoms. The zero-order chi connectivity index (χ0) is 20.3. The molecule has 28 heavy (non-hydrogen) atoms. The van der Waals surface area contributed by atoms with Crippen molar-refractivity contribution in [2.75, 3.05) is 5.32 Å². The standard InChI is InChI=1S/C22H24N2O4/c1-13-9-14(2)11-17(10-13)20(22(27)28)24-19(25)8-7-16-12-15-5-3-4-6-18(15)23-21(16)26/h3-6,9-11,16,20H,7-8,12H2,1-2H3,(H,23,26)(H,24,25)(H,27,28). The molecular formula is C22H24N2O4. The lowest BCUT2D eigenvalue weighted by atomic mass is 9.89. The van der Waals surface area contributed by atoms with E-state index in [1.165, 1.54) is 0 Å². The highest BCUT2D eigenvalue weighted by molar-refractivity contribution is 5.96. The first-order valence-corrected chi connectivity index (χ1v) is 9.32. The maximum atomic E-state index is 12.4. The number of carbonyl (C=O) groups excluding carboxylic acids is 2. The van der Waals surface area contributed by atoms with Crippen LogP contribution in [0.5, 0.6) is 0 Å². The van der Waals surface area contributed by atoms with Crippen molar-refractivity contribution in [3.63, 3.8) is 0 Å². The monoisotopic (exact) mass is 380 g/mol. The summed E-state index contributed by atoms with van der Waals surface area (Å²) >= 11 is 0. The second-order valence-corrected chi connectivity index (χ2v) is 7.35. The molecule has 0 saturated carbocycles. The Hall–Kier alpha value is -3.15. The molecule has 1 aliphatic heterocycles. The number of carboxylic acid groups (broad SMARTS) is 1. The summed E-state index contributed by atoms with van der Waals surface area (Å²) < 4.78 is 0. The minimum atomic E-state index is -1.11. The molecule has 3 rings (SSSR count). The van der Waals surface area contributed by atoms with Crippen LogP contribution < -0.4 is 10.6 Å². The van der Waals surface area contributed by atoms with Crippen molar-refractivity contribution in [1.82, 2.24) is 5.32 Å². The fourth-order valence-corrected chi connectivity index (χ4v) is 3.65. The van der Waals surface area contributed by atoms with E-state index >= 15 is 0 Å². The predicted molar refractivity (Wildman–Crippen MR) is 106 cm³/mol. The molecule has 2 aromatic rings. The molecule has 0 aromatic heterocycles. The number of amides is 2. The van der Waals surface area contributed by atoms with Gasteiger partial charge in [-0.2, -0.15) is 0 Å². The third-order valence-corrected chi connectivity index (χ3v) is 4.96. The number of nitrogens with one attached hydrogen (secondary N) is 2. The van der Waals surface area contributed by atoms with Crippen LogP contribution >= 0.6 is 0 Å². The summed E-state index contributed by atoms with van der Waals surface area (Å²) in [6, 6.07) is 12.0. The van der Waals surface area contributed by atoms with Gasteiger partial charge >= 0.3 is 5.97 Å². The highest BCUT2D eigenvalue weighted by Gasteiger charge is 2.27. The molecule has 1 heterocycles. The first-order chi connectivity index (χ1) is 13.3. The number of hydrogen-bond donors (Lipinski definition) is 3. The van der Waals surface area contributed by atoms with Crippen molar-refractivity contribution >= 4 is 23.5 Å². The van der Waals surface area contributed by atoms with Gasteiger partial charge in [0.1, 0.15) is 0 Å². The van der Waals surface area contributed by atoms with E-state index in [0.29, 0.717) is 18.4 Å². The van der Waals surface area contributed by atoms with E-state index < -0.39 is 12.0 Å². The van der Waals surface area contributed by atoms with Crippen molar-refractivity contribution in [2.24, 2.45) is 5.92 Å². The van der Waals surface area contributed by atoms with E-state index in [9.17, 15) is 19.5 Å². The number of aryl methyl sites for hydroxylation is 2. The van der Waals surface area contributed by atoms with Crippen LogP contribution in [-0.4, -0.2) is 22.9 Å². The van der Waals surface area contributed by atoms with Crippen LogP contribution in [0.1, 0.15) is 41.1 Å². The predicted octanol–water partition coefficient (Wildman–Crippen LogP) is 3.14. The van der Waals surface area contributed by atoms with Crippen LogP contribution in [0.4, 0.5) is 5.69 Å². The number of fused-ring (bicyclic) bond motifs is 1. The molecule has 0 bridgehead atoms. The summed E-state index contributed by atoms with van der Waals surface area (Å²) in [5, 5.41) is 15.0. The van der Waals surface area contributed by atoms with E-state index in [2.05, 4.69) is 10.6 Å². The van der Waals surface area contributed by atoms with Crippen LogP contribution in [0.25, 0.3) is 0 Å². The Morgan fingerprint density at radius 1 is 1.18 bits per heavy atom. The van der Waals surface area contributed by atoms with Gasteiger partial charge in [-0.25, -0.2) is 4.79 Å². The number of aliphatic carboxylic acids is 1. The van der Waals surface area contributed by atoms with Crippen LogP contribution in [0.15, 0.2) is 42.5 Å². The van der Waals surface area contributed by atoms with Gasteiger partial charge < -0.3 is 15.7 Å². The van der Waals surface area contributed by atoms with Crippen molar-refractivity contribution in [1.29, 1.82) is 0 Å². The Morgan fingerprint density at radius 3 is 2.54 bits per heavy atom. The summed E-state index contributed by atoms with van der Waals surface area (Å²) in [6.45, 7) is 3.77. The van der Waals surface area contributed by atoms with Gasteiger partial charge in [-0.1, -0.05) is 47.5 Å². The average Bonchev–Trinajstić information content (AvgIpc) is 2.63. The number of hydrogen-bond acceptors (Lipinski definition) is 3. The van der Waals surface area contributed by atoms with Gasteiger partial charge in [-0.05, 0) is 43.9 Å². The van der Waals surface area contributed by atoms with Crippen molar-refractivity contribution < 1.29 is 19.5 Å². The molecule has 6 heteroatoms. The second-order valence-electron chi connectivity index (χ2n) is 7.35. The normalized spacial score (nSPS) is 16.6. The average molecular weight is 380 g/mol. The maximum Gasteiger partial charge on any atom is 0.330 e. The lowest BCUT2D eigenvalue weighted by molar-refractivity contribution is -0.142. The minimum Gasteiger partial charge on any atom is -0.479 e. The number of benzene rings is 2. The molecule has 2 aromatic carbocycles. The van der Waals surface area contributed by atoms with E-state index in [1.54, 1.807) is 12.1 Å². The molecule has 0 saturated heterocycles. The Bertz CT molecular complexity index is 902. The van der Waals surface area contributed by atoms with E-state index in [0.717, 1.165) is 22.4 Å². The fourth-order valence-electron chi connectivity index (χ4n) is 3.65. The van der Waals surface area contributed by atoms with Gasteiger partial charge in [-0.3, -0.25) is 9.59 Å². The summed E-state index contributed by atoms with van der Waals surface area (Å²) in [5.74, 6) is -1.89. The fraction of sp³-hybridized carbons (Fsp3) is 0.318. The topological polar surface area (TPSA) is 95.5 Å². The lowest BCUT2D eigenvalue weighted by Crippen LogP contribution is -2.35. The summed E-state index contributed by atoms with van der Waals surface area (Å²) in [7, 11) is 0. The van der Waals surface area contributed by atoms with E-state index in [1.807, 2.05) is 44.2 Å². The number of rotatable bonds is 6. The molecule has 0 radical (unpaired) electrons. The number of anilines is 1. The second kappa shape index (κ2) is 8.25. The van der Waals surface area contributed by atoms with Crippen LogP contribution in [0.2, 0.25) is 0 Å². The Kier molecular flexibility index (Phi) is 5.78. The van der Waals surface area contributed by atoms with Crippen LogP contribution in [0.3, 0.4) is 0 Å². The smallest absolute Gasteiger partial charge is 0.330 e. The van der Waals surface area contributed by atoms with Gasteiger partial charge in [0.25, 0.3) is 0 Å². The van der Waals surface area contributed by atoms with Crippen molar-refractivity contribution in [3.8, 4) is 0 Å². The minimum absolute atomic E-state index is 0.0921. The molecule has 6 nitrogen and oxygen atoms in total. The maximum absolute atomic E-state index is 12.4. The molecule has 146 valence electrons. The molecule has 0 aliphatic carbocycles. The summed E-state index contributed by atoms with van der Waals surface area (Å²) in [5.41, 5.74) is 4.28. The van der Waals surface area contributed by atoms with Crippen molar-refractivity contribution in [3.05, 3.63) is 64.7 Å².